The Bertz CT molecular complexity index is 474. The Labute approximate surface area is 133 Å². The fourth-order valence-electron chi connectivity index (χ4n) is 2.33. The van der Waals surface area contributed by atoms with E-state index in [1.165, 1.54) is 11.1 Å². The Kier molecular flexibility index (Phi) is 8.51. The minimum absolute atomic E-state index is 0. The molecule has 0 aliphatic heterocycles. The lowest BCUT2D eigenvalue weighted by molar-refractivity contribution is 0.259. The summed E-state index contributed by atoms with van der Waals surface area (Å²) in [7, 11) is 4.14. The van der Waals surface area contributed by atoms with Crippen molar-refractivity contribution in [3.8, 4) is 0 Å². The number of benzene rings is 2. The van der Waals surface area contributed by atoms with Gasteiger partial charge in [-0.25, -0.2) is 0 Å². The molecule has 0 aliphatic rings. The molecule has 2 atom stereocenters. The Morgan fingerprint density at radius 2 is 1.15 bits per heavy atom. The lowest BCUT2D eigenvalue weighted by Gasteiger charge is -2.30. The molecule has 0 aliphatic carbocycles. The van der Waals surface area contributed by atoms with E-state index in [1.807, 2.05) is 24.3 Å². The highest BCUT2D eigenvalue weighted by Crippen LogP contribution is 2.30. The summed E-state index contributed by atoms with van der Waals surface area (Å²) in [5, 5.41) is 0. The van der Waals surface area contributed by atoms with Gasteiger partial charge in [0.05, 0.1) is 6.04 Å². The van der Waals surface area contributed by atoms with Gasteiger partial charge in [-0.15, -0.1) is 24.8 Å². The quantitative estimate of drug-likeness (QED) is 0.929. The molecule has 110 valence electrons. The van der Waals surface area contributed by atoms with Gasteiger partial charge in [-0.3, -0.25) is 0 Å². The van der Waals surface area contributed by atoms with Gasteiger partial charge in [0.1, 0.15) is 0 Å². The second-order valence-electron chi connectivity index (χ2n) is 4.76. The molecule has 0 aromatic heterocycles. The number of halogens is 2. The number of hydrogen-bond donors (Lipinski definition) is 1. The van der Waals surface area contributed by atoms with E-state index in [0.717, 1.165) is 0 Å². The molecule has 0 heterocycles. The third-order valence-corrected chi connectivity index (χ3v) is 3.22. The molecule has 0 amide bonds. The lowest BCUT2D eigenvalue weighted by Crippen LogP contribution is -2.31. The summed E-state index contributed by atoms with van der Waals surface area (Å²) in [4.78, 5) is 2.17. The van der Waals surface area contributed by atoms with E-state index >= 15 is 0 Å². The largest absolute Gasteiger partial charge is 0.322 e. The number of nitrogens with two attached hydrogens (primary N) is 1. The molecule has 2 aromatic rings. The van der Waals surface area contributed by atoms with Crippen LogP contribution in [0.2, 0.25) is 0 Å². The first-order valence-corrected chi connectivity index (χ1v) is 6.22. The van der Waals surface area contributed by atoms with E-state index in [-0.39, 0.29) is 36.9 Å². The molecule has 4 heteroatoms. The van der Waals surface area contributed by atoms with Crippen LogP contribution in [0.3, 0.4) is 0 Å². The number of nitrogens with zero attached hydrogens (tertiary/aromatic N) is 1. The van der Waals surface area contributed by atoms with Gasteiger partial charge in [-0.1, -0.05) is 60.7 Å². The molecule has 0 radical (unpaired) electrons. The first-order chi connectivity index (χ1) is 8.70. The van der Waals surface area contributed by atoms with E-state index in [0.29, 0.717) is 0 Å². The number of hydrogen-bond acceptors (Lipinski definition) is 2. The van der Waals surface area contributed by atoms with E-state index < -0.39 is 0 Å². The van der Waals surface area contributed by atoms with Crippen LogP contribution in [0.4, 0.5) is 0 Å². The van der Waals surface area contributed by atoms with Gasteiger partial charge in [0.2, 0.25) is 0 Å². The maximum atomic E-state index is 6.43. The van der Waals surface area contributed by atoms with Crippen molar-refractivity contribution in [2.24, 2.45) is 5.73 Å². The van der Waals surface area contributed by atoms with Gasteiger partial charge >= 0.3 is 0 Å². The van der Waals surface area contributed by atoms with Crippen LogP contribution in [-0.2, 0) is 0 Å². The molecule has 2 aromatic carbocycles. The summed E-state index contributed by atoms with van der Waals surface area (Å²) in [6.45, 7) is 0. The van der Waals surface area contributed by atoms with Gasteiger partial charge in [-0.05, 0) is 25.2 Å². The van der Waals surface area contributed by atoms with Crippen LogP contribution >= 0.6 is 24.8 Å². The molecule has 2 rings (SSSR count). The normalized spacial score (nSPS) is 13.0. The predicted molar refractivity (Wildman–Crippen MR) is 90.7 cm³/mol. The van der Waals surface area contributed by atoms with Gasteiger partial charge in [0, 0.05) is 6.04 Å². The SMILES string of the molecule is CN(C)C(c1ccccc1)C(N)c1ccccc1.Cl.Cl. The Balaban J connectivity index is 0.00000180. The highest BCUT2D eigenvalue weighted by Gasteiger charge is 2.22. The first-order valence-electron chi connectivity index (χ1n) is 6.22. The molecule has 20 heavy (non-hydrogen) atoms. The zero-order chi connectivity index (χ0) is 13.0. The summed E-state index contributed by atoms with van der Waals surface area (Å²) in [6.07, 6.45) is 0. The van der Waals surface area contributed by atoms with Crippen molar-refractivity contribution in [3.63, 3.8) is 0 Å². The summed E-state index contributed by atoms with van der Waals surface area (Å²) < 4.78 is 0. The Morgan fingerprint density at radius 3 is 1.55 bits per heavy atom. The zero-order valence-electron chi connectivity index (χ0n) is 11.8. The van der Waals surface area contributed by atoms with Gasteiger partial charge in [0.15, 0.2) is 0 Å². The van der Waals surface area contributed by atoms with Crippen molar-refractivity contribution < 1.29 is 0 Å². The van der Waals surface area contributed by atoms with Crippen LogP contribution in [-0.4, -0.2) is 19.0 Å². The van der Waals surface area contributed by atoms with Crippen LogP contribution < -0.4 is 5.73 Å². The average Bonchev–Trinajstić information content (AvgIpc) is 2.40. The van der Waals surface area contributed by atoms with Gasteiger partial charge in [0.25, 0.3) is 0 Å². The fraction of sp³-hybridized carbons (Fsp3) is 0.250. The number of rotatable bonds is 4. The average molecular weight is 313 g/mol. The van der Waals surface area contributed by atoms with Gasteiger partial charge in [-0.2, -0.15) is 0 Å². The summed E-state index contributed by atoms with van der Waals surface area (Å²) in [6, 6.07) is 20.8. The molecular weight excluding hydrogens is 291 g/mol. The maximum absolute atomic E-state index is 6.43. The molecule has 0 spiro atoms. The Hall–Kier alpha value is -1.06. The second-order valence-corrected chi connectivity index (χ2v) is 4.76. The molecule has 0 bridgehead atoms. The minimum atomic E-state index is -0.0244. The monoisotopic (exact) mass is 312 g/mol. The van der Waals surface area contributed by atoms with Crippen LogP contribution in [0.15, 0.2) is 60.7 Å². The molecule has 0 fully saturated rings. The topological polar surface area (TPSA) is 29.3 Å². The molecular formula is C16H22Cl2N2. The molecule has 0 saturated heterocycles. The van der Waals surface area contributed by atoms with Crippen LogP contribution in [0.25, 0.3) is 0 Å². The van der Waals surface area contributed by atoms with Crippen molar-refractivity contribution in [1.29, 1.82) is 0 Å². The van der Waals surface area contributed by atoms with Crippen LogP contribution in [0.5, 0.6) is 0 Å². The second kappa shape index (κ2) is 8.98. The molecule has 2 nitrogen and oxygen atoms in total. The summed E-state index contributed by atoms with van der Waals surface area (Å²) >= 11 is 0. The van der Waals surface area contributed by atoms with Crippen molar-refractivity contribution in [1.82, 2.24) is 4.90 Å². The van der Waals surface area contributed by atoms with E-state index in [4.69, 9.17) is 5.73 Å². The molecule has 0 saturated carbocycles. The summed E-state index contributed by atoms with van der Waals surface area (Å²) in [5.74, 6) is 0. The maximum Gasteiger partial charge on any atom is 0.0536 e. The highest BCUT2D eigenvalue weighted by atomic mass is 35.5. The fourth-order valence-corrected chi connectivity index (χ4v) is 2.33. The lowest BCUT2D eigenvalue weighted by atomic mass is 9.93. The zero-order valence-corrected chi connectivity index (χ0v) is 13.4. The predicted octanol–water partition coefficient (Wildman–Crippen LogP) is 3.83. The van der Waals surface area contributed by atoms with Crippen molar-refractivity contribution in [2.45, 2.75) is 12.1 Å². The highest BCUT2D eigenvalue weighted by molar-refractivity contribution is 5.85. The van der Waals surface area contributed by atoms with Crippen LogP contribution in [0, 0.1) is 0 Å². The Morgan fingerprint density at radius 1 is 0.750 bits per heavy atom. The van der Waals surface area contributed by atoms with Crippen LogP contribution in [0.1, 0.15) is 23.2 Å². The van der Waals surface area contributed by atoms with Crippen molar-refractivity contribution >= 4 is 24.8 Å². The minimum Gasteiger partial charge on any atom is -0.322 e. The molecule has 2 unspecified atom stereocenters. The van der Waals surface area contributed by atoms with Crippen molar-refractivity contribution in [2.75, 3.05) is 14.1 Å². The van der Waals surface area contributed by atoms with Gasteiger partial charge < -0.3 is 10.6 Å². The van der Waals surface area contributed by atoms with Crippen molar-refractivity contribution in [3.05, 3.63) is 71.8 Å². The number of likely N-dealkylation sites (N-methyl/N-ethyl adjacent to an activating group) is 1. The first kappa shape index (κ1) is 18.9. The summed E-state index contributed by atoms with van der Waals surface area (Å²) in [5.41, 5.74) is 8.85. The van der Waals surface area contributed by atoms with E-state index in [2.05, 4.69) is 55.4 Å². The standard InChI is InChI=1S/C16H20N2.2ClH/c1-18(2)16(14-11-7-4-8-12-14)15(17)13-9-5-3-6-10-13;;/h3-12,15-16H,17H2,1-2H3;2*1H. The molecule has 2 N–H and O–H groups in total. The van der Waals surface area contributed by atoms with E-state index in [9.17, 15) is 0 Å². The smallest absolute Gasteiger partial charge is 0.0536 e. The third kappa shape index (κ3) is 4.50. The third-order valence-electron chi connectivity index (χ3n) is 3.22. The van der Waals surface area contributed by atoms with E-state index in [1.54, 1.807) is 0 Å².